The van der Waals surface area contributed by atoms with Crippen LogP contribution in [0.4, 0.5) is 4.79 Å². The van der Waals surface area contributed by atoms with E-state index in [1.807, 2.05) is 0 Å². The van der Waals surface area contributed by atoms with Crippen molar-refractivity contribution in [2.75, 3.05) is 26.3 Å². The summed E-state index contributed by atoms with van der Waals surface area (Å²) < 4.78 is 5.39. The van der Waals surface area contributed by atoms with Crippen LogP contribution in [-0.4, -0.2) is 53.8 Å². The van der Waals surface area contributed by atoms with Gasteiger partial charge in [-0.25, -0.2) is 9.59 Å². The molecule has 0 heterocycles. The molecule has 20 heavy (non-hydrogen) atoms. The van der Waals surface area contributed by atoms with Gasteiger partial charge in [-0.2, -0.15) is 0 Å². The summed E-state index contributed by atoms with van der Waals surface area (Å²) in [6.45, 7) is 10.8. The quantitative estimate of drug-likeness (QED) is 0.636. The minimum atomic E-state index is -1.22. The van der Waals surface area contributed by atoms with E-state index >= 15 is 0 Å². The van der Waals surface area contributed by atoms with E-state index < -0.39 is 11.5 Å². The van der Waals surface area contributed by atoms with Gasteiger partial charge in [0.2, 0.25) is 0 Å². The molecule has 0 unspecified atom stereocenters. The summed E-state index contributed by atoms with van der Waals surface area (Å²) in [7, 11) is 0. The van der Waals surface area contributed by atoms with Crippen molar-refractivity contribution in [2.24, 2.45) is 5.92 Å². The molecule has 0 fully saturated rings. The predicted molar refractivity (Wildman–Crippen MR) is 77.8 cm³/mol. The number of carbonyl (C=O) groups excluding carboxylic acids is 1. The first-order chi connectivity index (χ1) is 9.23. The number of urea groups is 1. The maximum Gasteiger partial charge on any atom is 0.329 e. The highest BCUT2D eigenvalue weighted by Gasteiger charge is 2.36. The third kappa shape index (κ3) is 6.23. The number of carboxylic acids is 1. The molecule has 0 aromatic carbocycles. The van der Waals surface area contributed by atoms with Gasteiger partial charge in [0.25, 0.3) is 0 Å². The number of likely N-dealkylation sites (N-methyl/N-ethyl adjacent to an activating group) is 1. The van der Waals surface area contributed by atoms with Crippen molar-refractivity contribution in [3.8, 4) is 0 Å². The smallest absolute Gasteiger partial charge is 0.329 e. The van der Waals surface area contributed by atoms with E-state index in [2.05, 4.69) is 19.2 Å². The Hall–Kier alpha value is -1.30. The normalized spacial score (nSPS) is 11.5. The number of nitrogens with one attached hydrogen (secondary N) is 1. The van der Waals surface area contributed by atoms with Crippen LogP contribution in [-0.2, 0) is 9.53 Å². The van der Waals surface area contributed by atoms with E-state index in [0.717, 1.165) is 6.42 Å². The molecular weight excluding hydrogens is 260 g/mol. The average Bonchev–Trinajstić information content (AvgIpc) is 2.33. The second-order valence-electron chi connectivity index (χ2n) is 5.64. The van der Waals surface area contributed by atoms with Crippen molar-refractivity contribution in [2.45, 2.75) is 46.6 Å². The van der Waals surface area contributed by atoms with Crippen molar-refractivity contribution >= 4 is 12.0 Å². The van der Waals surface area contributed by atoms with Gasteiger partial charge in [0.15, 0.2) is 0 Å². The molecule has 6 nitrogen and oxygen atoms in total. The van der Waals surface area contributed by atoms with E-state index in [4.69, 9.17) is 9.84 Å². The zero-order valence-electron chi connectivity index (χ0n) is 13.2. The number of hydrogen-bond donors (Lipinski definition) is 2. The van der Waals surface area contributed by atoms with Crippen LogP contribution in [0.15, 0.2) is 0 Å². The number of ether oxygens (including phenoxy) is 1. The maximum atomic E-state index is 12.0. The van der Waals surface area contributed by atoms with Gasteiger partial charge < -0.3 is 20.1 Å². The van der Waals surface area contributed by atoms with Crippen molar-refractivity contribution in [1.82, 2.24) is 10.2 Å². The summed E-state index contributed by atoms with van der Waals surface area (Å²) in [5.74, 6) is -0.431. The van der Waals surface area contributed by atoms with Crippen LogP contribution in [0, 0.1) is 5.92 Å². The first-order valence-electron chi connectivity index (χ1n) is 7.10. The fourth-order valence-electron chi connectivity index (χ4n) is 1.65. The van der Waals surface area contributed by atoms with Crippen molar-refractivity contribution in [3.63, 3.8) is 0 Å². The topological polar surface area (TPSA) is 78.9 Å². The van der Waals surface area contributed by atoms with Crippen LogP contribution in [0.3, 0.4) is 0 Å². The van der Waals surface area contributed by atoms with Gasteiger partial charge in [-0.05, 0) is 33.1 Å². The molecule has 0 aliphatic heterocycles. The molecule has 118 valence electrons. The first-order valence-corrected chi connectivity index (χ1v) is 7.10. The number of carbonyl (C=O) groups is 2. The lowest BCUT2D eigenvalue weighted by Gasteiger charge is -2.34. The van der Waals surface area contributed by atoms with Crippen LogP contribution in [0.5, 0.6) is 0 Å². The molecule has 0 atom stereocenters. The summed E-state index contributed by atoms with van der Waals surface area (Å²) in [6.07, 6.45) is 0.987. The van der Waals surface area contributed by atoms with Gasteiger partial charge in [0, 0.05) is 19.7 Å². The molecular formula is C14H28N2O4. The largest absolute Gasteiger partial charge is 0.480 e. The zero-order chi connectivity index (χ0) is 15.8. The SMILES string of the molecule is CCN(C(=O)NCCOCCC(C)C)C(C)(C)C(=O)O. The highest BCUT2D eigenvalue weighted by molar-refractivity contribution is 5.85. The lowest BCUT2D eigenvalue weighted by atomic mass is 10.0. The van der Waals surface area contributed by atoms with E-state index in [9.17, 15) is 9.59 Å². The van der Waals surface area contributed by atoms with E-state index in [1.54, 1.807) is 6.92 Å². The van der Waals surface area contributed by atoms with Gasteiger partial charge in [0.1, 0.15) is 5.54 Å². The molecule has 2 N–H and O–H groups in total. The summed E-state index contributed by atoms with van der Waals surface area (Å²) in [5, 5.41) is 11.8. The van der Waals surface area contributed by atoms with Crippen molar-refractivity contribution < 1.29 is 19.4 Å². The molecule has 0 bridgehead atoms. The average molecular weight is 288 g/mol. The maximum absolute atomic E-state index is 12.0. The lowest BCUT2D eigenvalue weighted by Crippen LogP contribution is -2.56. The standard InChI is InChI=1S/C14H28N2O4/c1-6-16(14(4,5)12(17)18)13(19)15-8-10-20-9-7-11(2)3/h11H,6-10H2,1-5H3,(H,15,19)(H,17,18). The van der Waals surface area contributed by atoms with Crippen LogP contribution in [0.25, 0.3) is 0 Å². The van der Waals surface area contributed by atoms with Crippen LogP contribution >= 0.6 is 0 Å². The molecule has 0 spiro atoms. The van der Waals surface area contributed by atoms with Crippen LogP contribution < -0.4 is 5.32 Å². The van der Waals surface area contributed by atoms with E-state index in [0.29, 0.717) is 32.2 Å². The monoisotopic (exact) mass is 288 g/mol. The Morgan fingerprint density at radius 2 is 1.90 bits per heavy atom. The number of aliphatic carboxylic acids is 1. The number of nitrogens with zero attached hydrogens (tertiary/aromatic N) is 1. The van der Waals surface area contributed by atoms with Gasteiger partial charge in [-0.3, -0.25) is 0 Å². The number of carboxylic acid groups (broad SMARTS) is 1. The Bertz CT molecular complexity index is 316. The summed E-state index contributed by atoms with van der Waals surface area (Å²) in [6, 6.07) is -0.382. The minimum absolute atomic E-state index is 0.333. The highest BCUT2D eigenvalue weighted by atomic mass is 16.5. The molecule has 0 aromatic rings. The lowest BCUT2D eigenvalue weighted by molar-refractivity contribution is -0.147. The second-order valence-corrected chi connectivity index (χ2v) is 5.64. The van der Waals surface area contributed by atoms with Gasteiger partial charge in [0.05, 0.1) is 6.61 Å². The zero-order valence-corrected chi connectivity index (χ0v) is 13.2. The van der Waals surface area contributed by atoms with Crippen molar-refractivity contribution in [3.05, 3.63) is 0 Å². The molecule has 6 heteroatoms. The Labute approximate surface area is 121 Å². The molecule has 0 aliphatic carbocycles. The van der Waals surface area contributed by atoms with Crippen LogP contribution in [0.1, 0.15) is 41.0 Å². The molecule has 2 amide bonds. The summed E-state index contributed by atoms with van der Waals surface area (Å²) in [5.41, 5.74) is -1.22. The Balaban J connectivity index is 4.09. The molecule has 0 rings (SSSR count). The second kappa shape index (κ2) is 8.79. The Kier molecular flexibility index (Phi) is 8.22. The number of amides is 2. The molecule has 0 aliphatic rings. The first kappa shape index (κ1) is 18.7. The molecule has 0 saturated heterocycles. The Morgan fingerprint density at radius 1 is 1.30 bits per heavy atom. The number of rotatable bonds is 9. The van der Waals surface area contributed by atoms with Gasteiger partial charge in [-0.1, -0.05) is 13.8 Å². The van der Waals surface area contributed by atoms with E-state index in [-0.39, 0.29) is 6.03 Å². The van der Waals surface area contributed by atoms with E-state index in [1.165, 1.54) is 18.7 Å². The van der Waals surface area contributed by atoms with Crippen molar-refractivity contribution in [1.29, 1.82) is 0 Å². The number of hydrogen-bond acceptors (Lipinski definition) is 3. The fourth-order valence-corrected chi connectivity index (χ4v) is 1.65. The third-order valence-electron chi connectivity index (χ3n) is 3.12. The Morgan fingerprint density at radius 3 is 2.35 bits per heavy atom. The molecule has 0 radical (unpaired) electrons. The third-order valence-corrected chi connectivity index (χ3v) is 3.12. The molecule has 0 aromatic heterocycles. The summed E-state index contributed by atoms with van der Waals surface area (Å²) in [4.78, 5) is 24.4. The van der Waals surface area contributed by atoms with Crippen LogP contribution in [0.2, 0.25) is 0 Å². The molecule has 0 saturated carbocycles. The fraction of sp³-hybridized carbons (Fsp3) is 0.857. The minimum Gasteiger partial charge on any atom is -0.480 e. The summed E-state index contributed by atoms with van der Waals surface area (Å²) >= 11 is 0. The van der Waals surface area contributed by atoms with Gasteiger partial charge in [-0.15, -0.1) is 0 Å². The predicted octanol–water partition coefficient (Wildman–Crippen LogP) is 1.94. The van der Waals surface area contributed by atoms with Gasteiger partial charge >= 0.3 is 12.0 Å². The highest BCUT2D eigenvalue weighted by Crippen LogP contribution is 2.14.